The first kappa shape index (κ1) is 30.3. The van der Waals surface area contributed by atoms with Crippen LogP contribution in [-0.4, -0.2) is 59.4 Å². The van der Waals surface area contributed by atoms with Crippen molar-refractivity contribution in [3.05, 3.63) is 71.9 Å². The van der Waals surface area contributed by atoms with E-state index in [4.69, 9.17) is 14.7 Å². The Morgan fingerprint density at radius 1 is 1.00 bits per heavy atom. The minimum Gasteiger partial charge on any atom is -0.496 e. The van der Waals surface area contributed by atoms with Crippen molar-refractivity contribution in [2.75, 3.05) is 25.7 Å². The van der Waals surface area contributed by atoms with Crippen molar-refractivity contribution in [2.24, 2.45) is 23.7 Å². The Kier molecular flexibility index (Phi) is 7.59. The molecular weight excluding hydrogens is 598 g/mol. The number of nitriles is 1. The predicted molar refractivity (Wildman–Crippen MR) is 173 cm³/mol. The number of rotatable bonds is 9. The quantitative estimate of drug-likeness (QED) is 0.206. The minimum atomic E-state index is -0.988. The average Bonchev–Trinajstić information content (AvgIpc) is 3.56. The first-order valence-corrected chi connectivity index (χ1v) is 15.8. The first-order chi connectivity index (χ1) is 22.8. The van der Waals surface area contributed by atoms with Crippen LogP contribution in [0.1, 0.15) is 53.0 Å². The van der Waals surface area contributed by atoms with Crippen molar-refractivity contribution in [2.45, 2.75) is 37.6 Å². The van der Waals surface area contributed by atoms with Crippen LogP contribution >= 0.6 is 0 Å². The van der Waals surface area contributed by atoms with E-state index in [0.717, 1.165) is 19.3 Å². The molecule has 11 heteroatoms. The van der Waals surface area contributed by atoms with Crippen LogP contribution in [0.3, 0.4) is 0 Å². The summed E-state index contributed by atoms with van der Waals surface area (Å²) in [6.07, 6.45) is 3.87. The highest BCUT2D eigenvalue weighted by atomic mass is 16.5. The first-order valence-electron chi connectivity index (χ1n) is 15.8. The minimum absolute atomic E-state index is 0.0356. The SMILES string of the molecule is COc1cccc(OC)c1-c1cc(C(=O)N(c2ccc(C(=O)NCC#N)c3ccccc23)C23CC4CC(CC(C4)C2C(=O)O)C3)[nH]n1. The number of nitrogens with one attached hydrogen (secondary N) is 2. The molecule has 4 bridgehead atoms. The molecule has 0 saturated heterocycles. The van der Waals surface area contributed by atoms with E-state index >= 15 is 4.79 Å². The highest BCUT2D eigenvalue weighted by Crippen LogP contribution is 2.62. The number of hydrogen-bond donors (Lipinski definition) is 3. The molecule has 3 unspecified atom stereocenters. The third-order valence-corrected chi connectivity index (χ3v) is 10.4. The van der Waals surface area contributed by atoms with E-state index in [1.807, 2.05) is 24.3 Å². The average molecular weight is 634 g/mol. The van der Waals surface area contributed by atoms with Gasteiger partial charge < -0.3 is 19.9 Å². The lowest BCUT2D eigenvalue weighted by molar-refractivity contribution is -0.157. The molecule has 47 heavy (non-hydrogen) atoms. The molecular formula is C36H35N5O6. The zero-order valence-electron chi connectivity index (χ0n) is 26.2. The van der Waals surface area contributed by atoms with Crippen molar-refractivity contribution in [3.8, 4) is 28.8 Å². The fourth-order valence-corrected chi connectivity index (χ4v) is 8.98. The number of carbonyl (C=O) groups is 3. The third kappa shape index (κ3) is 4.87. The molecule has 4 aliphatic carbocycles. The summed E-state index contributed by atoms with van der Waals surface area (Å²) in [5, 5.41) is 31.1. The monoisotopic (exact) mass is 633 g/mol. The number of aliphatic carboxylic acids is 1. The molecule has 3 aromatic carbocycles. The maximum absolute atomic E-state index is 15.1. The van der Waals surface area contributed by atoms with Gasteiger partial charge in [0.05, 0.1) is 43.0 Å². The van der Waals surface area contributed by atoms with Crippen LogP contribution in [0.2, 0.25) is 0 Å². The van der Waals surface area contributed by atoms with Crippen molar-refractivity contribution in [1.82, 2.24) is 15.5 Å². The number of amides is 2. The van der Waals surface area contributed by atoms with Crippen LogP contribution in [0.25, 0.3) is 22.0 Å². The number of ether oxygens (including phenoxy) is 2. The topological polar surface area (TPSA) is 158 Å². The lowest BCUT2D eigenvalue weighted by atomic mass is 9.47. The number of benzene rings is 3. The number of methoxy groups -OCH3 is 2. The van der Waals surface area contributed by atoms with E-state index in [1.165, 1.54) is 0 Å². The van der Waals surface area contributed by atoms with Gasteiger partial charge in [-0.05, 0) is 85.6 Å². The Bertz CT molecular complexity index is 1910. The Morgan fingerprint density at radius 2 is 1.68 bits per heavy atom. The number of carbonyl (C=O) groups excluding carboxylic acids is 2. The molecule has 240 valence electrons. The fourth-order valence-electron chi connectivity index (χ4n) is 8.98. The number of nitrogens with zero attached hydrogens (tertiary/aromatic N) is 3. The zero-order chi connectivity index (χ0) is 32.9. The summed E-state index contributed by atoms with van der Waals surface area (Å²) >= 11 is 0. The van der Waals surface area contributed by atoms with Gasteiger partial charge in [-0.2, -0.15) is 10.4 Å². The molecule has 0 radical (unpaired) electrons. The van der Waals surface area contributed by atoms with E-state index in [2.05, 4.69) is 15.5 Å². The van der Waals surface area contributed by atoms with Gasteiger partial charge in [0.1, 0.15) is 29.4 Å². The zero-order valence-corrected chi connectivity index (χ0v) is 26.2. The predicted octanol–water partition coefficient (Wildman–Crippen LogP) is 5.43. The van der Waals surface area contributed by atoms with Crippen molar-refractivity contribution < 1.29 is 29.0 Å². The lowest BCUT2D eigenvalue weighted by Gasteiger charge is -2.63. The van der Waals surface area contributed by atoms with Crippen LogP contribution in [-0.2, 0) is 4.79 Å². The van der Waals surface area contributed by atoms with Gasteiger partial charge >= 0.3 is 5.97 Å². The standard InChI is InChI=1S/C36H35N5O6/c1-46-29-8-5-9-30(47-2)31(29)26-17-27(40-39-26)34(43)41(36-18-20-14-21(19-36)16-22(15-20)32(36)35(44)45)28-11-10-25(33(42)38-13-12-37)23-6-3-4-7-24(23)28/h3-11,17,20-22,32H,13-16,18-19H2,1-2H3,(H,38,42)(H,39,40)(H,44,45). The van der Waals surface area contributed by atoms with Crippen LogP contribution in [0.5, 0.6) is 11.5 Å². The summed E-state index contributed by atoms with van der Waals surface area (Å²) in [6, 6.07) is 19.6. The summed E-state index contributed by atoms with van der Waals surface area (Å²) in [6.45, 7) is -0.147. The number of H-pyrrole nitrogens is 1. The number of hydrogen-bond acceptors (Lipinski definition) is 7. The van der Waals surface area contributed by atoms with Gasteiger partial charge in [-0.15, -0.1) is 0 Å². The molecule has 2 amide bonds. The van der Waals surface area contributed by atoms with Crippen LogP contribution in [0, 0.1) is 35.0 Å². The Labute approximate surface area is 271 Å². The van der Waals surface area contributed by atoms with Crippen molar-refractivity contribution >= 4 is 34.2 Å². The molecule has 4 fully saturated rings. The van der Waals surface area contributed by atoms with E-state index in [9.17, 15) is 14.7 Å². The van der Waals surface area contributed by atoms with Gasteiger partial charge in [-0.3, -0.25) is 24.4 Å². The number of aromatic amines is 1. The number of aromatic nitrogens is 2. The maximum atomic E-state index is 15.1. The van der Waals surface area contributed by atoms with Gasteiger partial charge in [0.25, 0.3) is 11.8 Å². The largest absolute Gasteiger partial charge is 0.496 e. The third-order valence-electron chi connectivity index (χ3n) is 10.4. The molecule has 1 heterocycles. The molecule has 8 rings (SSSR count). The molecule has 0 spiro atoms. The summed E-state index contributed by atoms with van der Waals surface area (Å²) in [5.74, 6) is -0.823. The van der Waals surface area contributed by atoms with Crippen molar-refractivity contribution in [3.63, 3.8) is 0 Å². The number of carboxylic acid groups (broad SMARTS) is 1. The Balaban J connectivity index is 1.42. The van der Waals surface area contributed by atoms with E-state index in [-0.39, 0.29) is 18.2 Å². The number of fused-ring (bicyclic) bond motifs is 1. The molecule has 1 aromatic heterocycles. The molecule has 3 N–H and O–H groups in total. The second-order valence-corrected chi connectivity index (χ2v) is 12.9. The van der Waals surface area contributed by atoms with Crippen molar-refractivity contribution in [1.29, 1.82) is 5.26 Å². The summed E-state index contributed by atoms with van der Waals surface area (Å²) in [4.78, 5) is 43.1. The highest BCUT2D eigenvalue weighted by molar-refractivity contribution is 6.16. The highest BCUT2D eigenvalue weighted by Gasteiger charge is 2.63. The second kappa shape index (κ2) is 11.8. The van der Waals surface area contributed by atoms with Crippen LogP contribution in [0.4, 0.5) is 5.69 Å². The molecule has 4 aromatic rings. The van der Waals surface area contributed by atoms with E-state index in [1.54, 1.807) is 61.6 Å². The fraction of sp³-hybridized carbons (Fsp3) is 0.361. The molecule has 4 aliphatic rings. The smallest absolute Gasteiger partial charge is 0.309 e. The normalized spacial score (nSPS) is 24.0. The summed E-state index contributed by atoms with van der Waals surface area (Å²) in [7, 11) is 3.10. The molecule has 4 saturated carbocycles. The van der Waals surface area contributed by atoms with Gasteiger partial charge in [0, 0.05) is 10.9 Å². The van der Waals surface area contributed by atoms with E-state index in [0.29, 0.717) is 69.5 Å². The van der Waals surface area contributed by atoms with E-state index < -0.39 is 29.2 Å². The van der Waals surface area contributed by atoms with Gasteiger partial charge in [0.2, 0.25) is 0 Å². The summed E-state index contributed by atoms with van der Waals surface area (Å²) < 4.78 is 11.2. The van der Waals surface area contributed by atoms with Crippen LogP contribution < -0.4 is 19.7 Å². The number of carboxylic acids is 1. The van der Waals surface area contributed by atoms with Gasteiger partial charge in [-0.25, -0.2) is 0 Å². The van der Waals surface area contributed by atoms with Crippen LogP contribution in [0.15, 0.2) is 60.7 Å². The Hall–Kier alpha value is -5.37. The number of anilines is 1. The maximum Gasteiger partial charge on any atom is 0.309 e. The van der Waals surface area contributed by atoms with Gasteiger partial charge in [0.15, 0.2) is 0 Å². The molecule has 11 nitrogen and oxygen atoms in total. The lowest BCUT2D eigenvalue weighted by Crippen LogP contribution is -2.68. The van der Waals surface area contributed by atoms with Gasteiger partial charge in [-0.1, -0.05) is 30.3 Å². The summed E-state index contributed by atoms with van der Waals surface area (Å²) in [5.41, 5.74) is 1.11. The molecule has 3 atom stereocenters. The second-order valence-electron chi connectivity index (χ2n) is 12.9. The molecule has 0 aliphatic heterocycles. The Morgan fingerprint density at radius 3 is 2.32 bits per heavy atom.